The number of hydrogen-bond acceptors (Lipinski definition) is 5. The number of furan rings is 1. The van der Waals surface area contributed by atoms with Gasteiger partial charge in [0.1, 0.15) is 30.5 Å². The lowest BCUT2D eigenvalue weighted by molar-refractivity contribution is -0.135. The van der Waals surface area contributed by atoms with E-state index in [1.807, 2.05) is 42.6 Å². The van der Waals surface area contributed by atoms with Gasteiger partial charge in [-0.25, -0.2) is 4.39 Å². The predicted octanol–water partition coefficient (Wildman–Crippen LogP) is 5.64. The topological polar surface area (TPSA) is 63.0 Å². The zero-order chi connectivity index (χ0) is 25.8. The van der Waals surface area contributed by atoms with Gasteiger partial charge in [0.25, 0.3) is 5.91 Å². The molecular weight excluding hydrogens is 491 g/mol. The molecule has 5 rings (SSSR count). The third-order valence-corrected chi connectivity index (χ3v) is 7.48. The molecule has 4 aromatic rings. The number of amides is 2. The normalized spacial score (nSPS) is 14.8. The minimum absolute atomic E-state index is 0.0496. The molecule has 1 aliphatic rings. The van der Waals surface area contributed by atoms with Crippen LogP contribution in [0.5, 0.6) is 5.75 Å². The number of aryl methyl sites for hydroxylation is 1. The van der Waals surface area contributed by atoms with E-state index in [4.69, 9.17) is 9.15 Å². The summed E-state index contributed by atoms with van der Waals surface area (Å²) in [5.41, 5.74) is 2.12. The van der Waals surface area contributed by atoms with E-state index in [0.717, 1.165) is 23.3 Å². The van der Waals surface area contributed by atoms with E-state index in [9.17, 15) is 14.0 Å². The van der Waals surface area contributed by atoms with E-state index in [0.29, 0.717) is 12.3 Å². The van der Waals surface area contributed by atoms with Crippen molar-refractivity contribution >= 4 is 23.2 Å². The second-order valence-electron chi connectivity index (χ2n) is 9.00. The van der Waals surface area contributed by atoms with Gasteiger partial charge in [0.2, 0.25) is 5.91 Å². The van der Waals surface area contributed by atoms with E-state index in [1.54, 1.807) is 34.4 Å². The highest BCUT2D eigenvalue weighted by Gasteiger charge is 2.34. The minimum Gasteiger partial charge on any atom is -0.491 e. The second-order valence-corrected chi connectivity index (χ2v) is 10.00. The van der Waals surface area contributed by atoms with Crippen molar-refractivity contribution in [2.75, 3.05) is 19.7 Å². The van der Waals surface area contributed by atoms with E-state index in [-0.39, 0.29) is 37.2 Å². The molecule has 3 heterocycles. The molecule has 2 aromatic heterocycles. The number of hydrogen-bond donors (Lipinski definition) is 0. The fraction of sp³-hybridized carbons (Fsp3) is 0.241. The third-order valence-electron chi connectivity index (χ3n) is 6.49. The molecule has 0 N–H and O–H groups in total. The average molecular weight is 519 g/mol. The Morgan fingerprint density at radius 2 is 1.92 bits per heavy atom. The van der Waals surface area contributed by atoms with Gasteiger partial charge in [-0.15, -0.1) is 11.3 Å². The number of nitrogens with zero attached hydrogens (tertiary/aromatic N) is 2. The molecule has 0 aliphatic carbocycles. The van der Waals surface area contributed by atoms with Crippen molar-refractivity contribution in [3.05, 3.63) is 112 Å². The molecule has 0 unspecified atom stereocenters. The lowest BCUT2D eigenvalue weighted by atomic mass is 10.00. The standard InChI is InChI=1S/C29H27FN2O4S/c1-20-8-10-21(11-9-20)36-19-26-24-13-16-37-27(24)12-14-32(26)28(33)18-31(17-22-5-4-15-35-22)29(34)23-6-2-3-7-25(23)30/h2-11,13,15-16,26H,12,14,17-19H2,1H3/t26-/m1/s1. The lowest BCUT2D eigenvalue weighted by Crippen LogP contribution is -2.47. The first kappa shape index (κ1) is 24.8. The smallest absolute Gasteiger partial charge is 0.257 e. The molecule has 2 aromatic carbocycles. The first-order valence-corrected chi connectivity index (χ1v) is 13.0. The number of ether oxygens (including phenoxy) is 1. The first-order chi connectivity index (χ1) is 18.0. The SMILES string of the molecule is Cc1ccc(OC[C@@H]2c3ccsc3CCN2C(=O)CN(Cc2ccco2)C(=O)c2ccccc2F)cc1. The molecule has 0 spiro atoms. The second kappa shape index (κ2) is 11.0. The molecule has 0 radical (unpaired) electrons. The van der Waals surface area contributed by atoms with Crippen LogP contribution in [0, 0.1) is 12.7 Å². The number of carbonyl (C=O) groups excluding carboxylic acids is 2. The summed E-state index contributed by atoms with van der Waals surface area (Å²) in [4.78, 5) is 31.4. The fourth-order valence-electron chi connectivity index (χ4n) is 4.53. The maximum Gasteiger partial charge on any atom is 0.257 e. The predicted molar refractivity (Wildman–Crippen MR) is 139 cm³/mol. The van der Waals surface area contributed by atoms with Crippen LogP contribution in [-0.4, -0.2) is 41.3 Å². The Hall–Kier alpha value is -3.91. The average Bonchev–Trinajstić information content (AvgIpc) is 3.60. The van der Waals surface area contributed by atoms with Crippen molar-refractivity contribution in [1.29, 1.82) is 0 Å². The molecule has 0 saturated heterocycles. The highest BCUT2D eigenvalue weighted by molar-refractivity contribution is 7.10. The van der Waals surface area contributed by atoms with Gasteiger partial charge < -0.3 is 19.0 Å². The highest BCUT2D eigenvalue weighted by atomic mass is 32.1. The Bertz CT molecular complexity index is 1370. The molecule has 190 valence electrons. The minimum atomic E-state index is -0.630. The highest BCUT2D eigenvalue weighted by Crippen LogP contribution is 2.34. The van der Waals surface area contributed by atoms with Gasteiger partial charge in [0, 0.05) is 11.4 Å². The number of benzene rings is 2. The summed E-state index contributed by atoms with van der Waals surface area (Å²) in [6, 6.07) is 18.8. The van der Waals surface area contributed by atoms with Crippen molar-refractivity contribution in [1.82, 2.24) is 9.80 Å². The molecule has 0 saturated carbocycles. The number of fused-ring (bicyclic) bond motifs is 1. The Morgan fingerprint density at radius 3 is 2.68 bits per heavy atom. The van der Waals surface area contributed by atoms with E-state index in [2.05, 4.69) is 0 Å². The zero-order valence-corrected chi connectivity index (χ0v) is 21.2. The largest absolute Gasteiger partial charge is 0.491 e. The van der Waals surface area contributed by atoms with Gasteiger partial charge in [0.15, 0.2) is 0 Å². The van der Waals surface area contributed by atoms with E-state index in [1.165, 1.54) is 34.2 Å². The third kappa shape index (κ3) is 5.59. The van der Waals surface area contributed by atoms with Gasteiger partial charge in [-0.05, 0) is 66.8 Å². The molecule has 0 bridgehead atoms. The van der Waals surface area contributed by atoms with Gasteiger partial charge >= 0.3 is 0 Å². The molecular formula is C29H27FN2O4S. The van der Waals surface area contributed by atoms with Crippen LogP contribution < -0.4 is 4.74 Å². The van der Waals surface area contributed by atoms with Crippen molar-refractivity contribution in [2.24, 2.45) is 0 Å². The zero-order valence-electron chi connectivity index (χ0n) is 20.4. The number of rotatable bonds is 8. The van der Waals surface area contributed by atoms with Crippen LogP contribution in [0.25, 0.3) is 0 Å². The molecule has 1 aliphatic heterocycles. The summed E-state index contributed by atoms with van der Waals surface area (Å²) in [5, 5.41) is 2.03. The van der Waals surface area contributed by atoms with Crippen LogP contribution >= 0.6 is 11.3 Å². The van der Waals surface area contributed by atoms with Crippen molar-refractivity contribution in [3.8, 4) is 5.75 Å². The van der Waals surface area contributed by atoms with Gasteiger partial charge in [-0.2, -0.15) is 0 Å². The number of halogens is 1. The summed E-state index contributed by atoms with van der Waals surface area (Å²) in [6.07, 6.45) is 2.24. The van der Waals surface area contributed by atoms with Crippen LogP contribution in [0.4, 0.5) is 4.39 Å². The van der Waals surface area contributed by atoms with Crippen molar-refractivity contribution in [3.63, 3.8) is 0 Å². The molecule has 1 atom stereocenters. The van der Waals surface area contributed by atoms with Gasteiger partial charge in [-0.1, -0.05) is 29.8 Å². The van der Waals surface area contributed by atoms with Crippen LogP contribution in [-0.2, 0) is 17.8 Å². The van der Waals surface area contributed by atoms with E-state index >= 15 is 0 Å². The maximum absolute atomic E-state index is 14.5. The molecule has 2 amide bonds. The van der Waals surface area contributed by atoms with Crippen molar-refractivity contribution < 1.29 is 23.1 Å². The van der Waals surface area contributed by atoms with Crippen LogP contribution in [0.1, 0.15) is 38.2 Å². The monoisotopic (exact) mass is 518 g/mol. The number of carbonyl (C=O) groups is 2. The summed E-state index contributed by atoms with van der Waals surface area (Å²) >= 11 is 1.67. The van der Waals surface area contributed by atoms with E-state index < -0.39 is 11.7 Å². The van der Waals surface area contributed by atoms with Crippen LogP contribution in [0.15, 0.2) is 82.8 Å². The molecule has 0 fully saturated rings. The molecule has 37 heavy (non-hydrogen) atoms. The summed E-state index contributed by atoms with van der Waals surface area (Å²) in [7, 11) is 0. The fourth-order valence-corrected chi connectivity index (χ4v) is 5.46. The first-order valence-electron chi connectivity index (χ1n) is 12.1. The van der Waals surface area contributed by atoms with Crippen LogP contribution in [0.3, 0.4) is 0 Å². The summed E-state index contributed by atoms with van der Waals surface area (Å²) in [5.74, 6) is -0.186. The van der Waals surface area contributed by atoms with Crippen molar-refractivity contribution in [2.45, 2.75) is 25.9 Å². The maximum atomic E-state index is 14.5. The summed E-state index contributed by atoms with van der Waals surface area (Å²) in [6.45, 7) is 2.65. The molecule has 6 nitrogen and oxygen atoms in total. The van der Waals surface area contributed by atoms with Crippen LogP contribution in [0.2, 0.25) is 0 Å². The van der Waals surface area contributed by atoms with Gasteiger partial charge in [-0.3, -0.25) is 9.59 Å². The Morgan fingerprint density at radius 1 is 1.11 bits per heavy atom. The van der Waals surface area contributed by atoms with Gasteiger partial charge in [0.05, 0.1) is 24.4 Å². The molecule has 8 heteroatoms. The Labute approximate surface area is 218 Å². The lowest BCUT2D eigenvalue weighted by Gasteiger charge is -2.37. The quantitative estimate of drug-likeness (QED) is 0.303. The number of thiophene rings is 1. The Balaban J connectivity index is 1.38. The Kier molecular flexibility index (Phi) is 7.37. The summed E-state index contributed by atoms with van der Waals surface area (Å²) < 4.78 is 26.0.